The van der Waals surface area contributed by atoms with Crippen LogP contribution in [0.4, 0.5) is 0 Å². The van der Waals surface area contributed by atoms with Crippen LogP contribution < -0.4 is 10.1 Å². The van der Waals surface area contributed by atoms with E-state index in [1.807, 2.05) is 56.3 Å². The smallest absolute Gasteiger partial charge is 0.342 e. The van der Waals surface area contributed by atoms with Crippen molar-refractivity contribution >= 4 is 22.6 Å². The van der Waals surface area contributed by atoms with Gasteiger partial charge in [-0.05, 0) is 25.5 Å². The van der Waals surface area contributed by atoms with E-state index in [1.54, 1.807) is 6.20 Å². The van der Waals surface area contributed by atoms with Crippen molar-refractivity contribution in [1.29, 1.82) is 0 Å². The SMILES string of the molecule is CC(C)OC(=O)C1=CNCC(C)(C)c2c1[nH]c1ccc(OCc3ccccc3)nc21. The molecule has 1 aliphatic heterocycles. The van der Waals surface area contributed by atoms with E-state index >= 15 is 0 Å². The first kappa shape index (κ1) is 20.0. The number of aromatic nitrogens is 2. The summed E-state index contributed by atoms with van der Waals surface area (Å²) in [6, 6.07) is 13.8. The molecule has 3 aromatic rings. The van der Waals surface area contributed by atoms with Gasteiger partial charge in [-0.1, -0.05) is 44.2 Å². The van der Waals surface area contributed by atoms with Crippen molar-refractivity contribution in [1.82, 2.24) is 15.3 Å². The first-order chi connectivity index (χ1) is 14.3. The summed E-state index contributed by atoms with van der Waals surface area (Å²) in [6.07, 6.45) is 1.54. The average molecular weight is 405 g/mol. The lowest BCUT2D eigenvalue weighted by molar-refractivity contribution is -0.140. The maximum absolute atomic E-state index is 12.7. The second kappa shape index (κ2) is 7.86. The number of H-pyrrole nitrogens is 1. The first-order valence-corrected chi connectivity index (χ1v) is 10.2. The number of carbonyl (C=O) groups is 1. The molecule has 0 amide bonds. The summed E-state index contributed by atoms with van der Waals surface area (Å²) in [6.45, 7) is 9.07. The van der Waals surface area contributed by atoms with Crippen molar-refractivity contribution in [2.45, 2.75) is 45.8 Å². The number of nitrogens with one attached hydrogen (secondary N) is 2. The van der Waals surface area contributed by atoms with Gasteiger partial charge in [0.2, 0.25) is 5.88 Å². The monoisotopic (exact) mass is 405 g/mol. The number of aromatic amines is 1. The van der Waals surface area contributed by atoms with E-state index in [0.29, 0.717) is 24.6 Å². The van der Waals surface area contributed by atoms with Gasteiger partial charge in [0.15, 0.2) is 0 Å². The molecule has 0 fully saturated rings. The molecule has 0 spiro atoms. The lowest BCUT2D eigenvalue weighted by atomic mass is 9.83. The van der Waals surface area contributed by atoms with Gasteiger partial charge in [0, 0.05) is 29.8 Å². The number of pyridine rings is 1. The Balaban J connectivity index is 1.74. The average Bonchev–Trinajstić information content (AvgIpc) is 3.02. The molecule has 6 heteroatoms. The van der Waals surface area contributed by atoms with Crippen LogP contribution in [-0.4, -0.2) is 28.6 Å². The standard InChI is InChI=1S/C24H27N3O3/c1-15(2)30-23(28)17-12-25-14-24(3,4)20-21(17)26-18-10-11-19(27-22(18)20)29-13-16-8-6-5-7-9-16/h5-12,15,25-26H,13-14H2,1-4H3. The highest BCUT2D eigenvalue weighted by Crippen LogP contribution is 2.38. The molecular weight excluding hydrogens is 378 g/mol. The van der Waals surface area contributed by atoms with Crippen LogP contribution in [-0.2, 0) is 21.6 Å². The van der Waals surface area contributed by atoms with E-state index in [2.05, 4.69) is 24.1 Å². The number of fused-ring (bicyclic) bond motifs is 3. The van der Waals surface area contributed by atoms with Crippen LogP contribution in [0.5, 0.6) is 5.88 Å². The molecule has 2 N–H and O–H groups in total. The van der Waals surface area contributed by atoms with Gasteiger partial charge >= 0.3 is 5.97 Å². The number of ether oxygens (including phenoxy) is 2. The van der Waals surface area contributed by atoms with Crippen molar-refractivity contribution < 1.29 is 14.3 Å². The first-order valence-electron chi connectivity index (χ1n) is 10.2. The Bertz CT molecular complexity index is 1100. The number of hydrogen-bond donors (Lipinski definition) is 2. The molecule has 156 valence electrons. The Kier molecular flexibility index (Phi) is 5.24. The van der Waals surface area contributed by atoms with E-state index in [9.17, 15) is 4.79 Å². The molecule has 0 radical (unpaired) electrons. The lowest BCUT2D eigenvalue weighted by Gasteiger charge is -2.23. The summed E-state index contributed by atoms with van der Waals surface area (Å²) < 4.78 is 11.4. The largest absolute Gasteiger partial charge is 0.473 e. The zero-order valence-electron chi connectivity index (χ0n) is 17.8. The van der Waals surface area contributed by atoms with Gasteiger partial charge in [-0.25, -0.2) is 9.78 Å². The fourth-order valence-electron chi connectivity index (χ4n) is 3.73. The quantitative estimate of drug-likeness (QED) is 0.619. The molecule has 0 unspecified atom stereocenters. The molecule has 0 aliphatic carbocycles. The minimum absolute atomic E-state index is 0.196. The second-order valence-electron chi connectivity index (χ2n) is 8.47. The Labute approximate surface area is 176 Å². The highest BCUT2D eigenvalue weighted by Gasteiger charge is 2.34. The van der Waals surface area contributed by atoms with Crippen LogP contribution in [0, 0.1) is 0 Å². The van der Waals surface area contributed by atoms with Crippen molar-refractivity contribution in [3.8, 4) is 5.88 Å². The van der Waals surface area contributed by atoms with Crippen molar-refractivity contribution in [3.63, 3.8) is 0 Å². The number of rotatable bonds is 5. The highest BCUT2D eigenvalue weighted by molar-refractivity contribution is 6.17. The van der Waals surface area contributed by atoms with Crippen LogP contribution >= 0.6 is 0 Å². The molecule has 2 aromatic heterocycles. The minimum atomic E-state index is -0.358. The van der Waals surface area contributed by atoms with E-state index in [0.717, 1.165) is 27.9 Å². The van der Waals surface area contributed by atoms with E-state index in [4.69, 9.17) is 14.5 Å². The predicted octanol–water partition coefficient (Wildman–Crippen LogP) is 4.32. The summed E-state index contributed by atoms with van der Waals surface area (Å²) >= 11 is 0. The number of hydrogen-bond acceptors (Lipinski definition) is 5. The summed E-state index contributed by atoms with van der Waals surface area (Å²) in [5, 5.41) is 3.26. The second-order valence-corrected chi connectivity index (χ2v) is 8.47. The van der Waals surface area contributed by atoms with E-state index < -0.39 is 0 Å². The van der Waals surface area contributed by atoms with Gasteiger partial charge in [0.25, 0.3) is 0 Å². The third kappa shape index (κ3) is 3.90. The molecule has 4 rings (SSSR count). The minimum Gasteiger partial charge on any atom is -0.473 e. The zero-order chi connectivity index (χ0) is 21.3. The number of carbonyl (C=O) groups excluding carboxylic acids is 1. The Morgan fingerprint density at radius 3 is 2.67 bits per heavy atom. The van der Waals surface area contributed by atoms with Crippen molar-refractivity contribution in [2.75, 3.05) is 6.54 Å². The maximum atomic E-state index is 12.7. The lowest BCUT2D eigenvalue weighted by Crippen LogP contribution is -2.29. The molecular formula is C24H27N3O3. The van der Waals surface area contributed by atoms with Gasteiger partial charge < -0.3 is 19.8 Å². The summed E-state index contributed by atoms with van der Waals surface area (Å²) in [4.78, 5) is 20.9. The van der Waals surface area contributed by atoms with Crippen LogP contribution in [0.2, 0.25) is 0 Å². The normalized spacial score (nSPS) is 15.2. The molecule has 6 nitrogen and oxygen atoms in total. The van der Waals surface area contributed by atoms with E-state index in [1.165, 1.54) is 0 Å². The van der Waals surface area contributed by atoms with Gasteiger partial charge in [0.05, 0.1) is 28.4 Å². The van der Waals surface area contributed by atoms with E-state index in [-0.39, 0.29) is 17.5 Å². The number of benzene rings is 1. The fraction of sp³-hybridized carbons (Fsp3) is 0.333. The Hall–Kier alpha value is -3.28. The molecule has 0 bridgehead atoms. The summed E-state index contributed by atoms with van der Waals surface area (Å²) in [7, 11) is 0. The highest BCUT2D eigenvalue weighted by atomic mass is 16.5. The fourth-order valence-corrected chi connectivity index (χ4v) is 3.73. The molecule has 1 aliphatic rings. The van der Waals surface area contributed by atoms with Crippen LogP contribution in [0.25, 0.3) is 16.6 Å². The van der Waals surface area contributed by atoms with Crippen LogP contribution in [0.1, 0.15) is 44.5 Å². The number of nitrogens with zero attached hydrogens (tertiary/aromatic N) is 1. The Morgan fingerprint density at radius 1 is 1.17 bits per heavy atom. The zero-order valence-corrected chi connectivity index (χ0v) is 17.8. The van der Waals surface area contributed by atoms with Gasteiger partial charge in [-0.2, -0.15) is 0 Å². The third-order valence-corrected chi connectivity index (χ3v) is 5.14. The van der Waals surface area contributed by atoms with Gasteiger partial charge in [-0.15, -0.1) is 0 Å². The molecule has 3 heterocycles. The molecule has 1 aromatic carbocycles. The molecule has 30 heavy (non-hydrogen) atoms. The topological polar surface area (TPSA) is 76.2 Å². The van der Waals surface area contributed by atoms with Gasteiger partial charge in [0.1, 0.15) is 6.61 Å². The van der Waals surface area contributed by atoms with Crippen molar-refractivity contribution in [2.24, 2.45) is 0 Å². The van der Waals surface area contributed by atoms with Crippen LogP contribution in [0.15, 0.2) is 48.7 Å². The molecule has 0 saturated heterocycles. The molecule has 0 atom stereocenters. The number of esters is 1. The Morgan fingerprint density at radius 2 is 1.93 bits per heavy atom. The van der Waals surface area contributed by atoms with Gasteiger partial charge in [-0.3, -0.25) is 0 Å². The van der Waals surface area contributed by atoms with Crippen molar-refractivity contribution in [3.05, 3.63) is 65.5 Å². The summed E-state index contributed by atoms with van der Waals surface area (Å²) in [5.74, 6) is 0.194. The van der Waals surface area contributed by atoms with Crippen LogP contribution in [0.3, 0.4) is 0 Å². The molecule has 0 saturated carbocycles. The predicted molar refractivity (Wildman–Crippen MR) is 117 cm³/mol. The third-order valence-electron chi connectivity index (χ3n) is 5.14. The summed E-state index contributed by atoms with van der Waals surface area (Å²) in [5.41, 5.74) is 4.72. The maximum Gasteiger partial charge on any atom is 0.342 e.